The Labute approximate surface area is 170 Å². The molecule has 0 unspecified atom stereocenters. The predicted molar refractivity (Wildman–Crippen MR) is 108 cm³/mol. The first-order valence-corrected chi connectivity index (χ1v) is 11.3. The zero-order valence-electron chi connectivity index (χ0n) is 16.1. The van der Waals surface area contributed by atoms with E-state index < -0.39 is 10.0 Å². The molecule has 7 nitrogen and oxygen atoms in total. The lowest BCUT2D eigenvalue weighted by Crippen LogP contribution is -2.38. The van der Waals surface area contributed by atoms with Crippen molar-refractivity contribution in [1.29, 1.82) is 0 Å². The summed E-state index contributed by atoms with van der Waals surface area (Å²) in [4.78, 5) is 14.7. The highest BCUT2D eigenvalue weighted by Crippen LogP contribution is 2.32. The number of carbonyl (C=O) groups is 1. The number of H-pyrrole nitrogens is 1. The minimum absolute atomic E-state index is 0.0391. The smallest absolute Gasteiger partial charge is 0.257 e. The zero-order valence-corrected chi connectivity index (χ0v) is 17.6. The van der Waals surface area contributed by atoms with Crippen LogP contribution in [-0.4, -0.2) is 59.9 Å². The fourth-order valence-corrected chi connectivity index (χ4v) is 5.39. The Bertz CT molecular complexity index is 932. The SMILES string of the molecule is CCN(CC)C(=O)c1cn[nH]c1C1CCN(S(=O)(=O)c2cccc(Cl)c2)CC1. The van der Waals surface area contributed by atoms with Gasteiger partial charge in [0, 0.05) is 37.1 Å². The van der Waals surface area contributed by atoms with Crippen LogP contribution >= 0.6 is 11.6 Å². The normalized spacial score (nSPS) is 16.2. The first-order chi connectivity index (χ1) is 13.4. The van der Waals surface area contributed by atoms with Crippen molar-refractivity contribution in [3.63, 3.8) is 0 Å². The van der Waals surface area contributed by atoms with Gasteiger partial charge in [0.05, 0.1) is 22.3 Å². The van der Waals surface area contributed by atoms with Gasteiger partial charge >= 0.3 is 0 Å². The van der Waals surface area contributed by atoms with Gasteiger partial charge in [0.1, 0.15) is 0 Å². The maximum absolute atomic E-state index is 12.9. The van der Waals surface area contributed by atoms with E-state index in [0.717, 1.165) is 5.69 Å². The zero-order chi connectivity index (χ0) is 20.3. The third kappa shape index (κ3) is 4.09. The highest BCUT2D eigenvalue weighted by Gasteiger charge is 2.32. The summed E-state index contributed by atoms with van der Waals surface area (Å²) in [5.74, 6) is 0.0329. The Morgan fingerprint density at radius 3 is 2.57 bits per heavy atom. The average molecular weight is 425 g/mol. The standard InChI is InChI=1S/C19H25ClN4O3S/c1-3-23(4-2)19(25)17-13-21-22-18(17)14-8-10-24(11-9-14)28(26,27)16-7-5-6-15(20)12-16/h5-7,12-14H,3-4,8-11H2,1-2H3,(H,21,22). The Morgan fingerprint density at radius 1 is 1.29 bits per heavy atom. The highest BCUT2D eigenvalue weighted by molar-refractivity contribution is 7.89. The number of benzene rings is 1. The third-order valence-electron chi connectivity index (χ3n) is 5.25. The molecule has 2 heterocycles. The van der Waals surface area contributed by atoms with Gasteiger partial charge in [0.15, 0.2) is 0 Å². The van der Waals surface area contributed by atoms with Crippen molar-refractivity contribution < 1.29 is 13.2 Å². The Balaban J connectivity index is 1.73. The average Bonchev–Trinajstić information content (AvgIpc) is 3.19. The van der Waals surface area contributed by atoms with Crippen molar-refractivity contribution in [3.05, 3.63) is 46.7 Å². The largest absolute Gasteiger partial charge is 0.339 e. The molecule has 2 aromatic rings. The number of nitrogens with zero attached hydrogens (tertiary/aromatic N) is 3. The molecule has 0 spiro atoms. The fourth-order valence-electron chi connectivity index (χ4n) is 3.62. The molecular formula is C19H25ClN4O3S. The maximum Gasteiger partial charge on any atom is 0.257 e. The van der Waals surface area contributed by atoms with Gasteiger partial charge in [-0.2, -0.15) is 9.40 Å². The van der Waals surface area contributed by atoms with Crippen molar-refractivity contribution in [2.24, 2.45) is 0 Å². The molecule has 0 atom stereocenters. The van der Waals surface area contributed by atoms with Crippen LogP contribution in [0.25, 0.3) is 0 Å². The number of hydrogen-bond donors (Lipinski definition) is 1. The van der Waals surface area contributed by atoms with E-state index in [4.69, 9.17) is 11.6 Å². The lowest BCUT2D eigenvalue weighted by atomic mass is 9.92. The molecule has 0 bridgehead atoms. The molecule has 9 heteroatoms. The third-order valence-corrected chi connectivity index (χ3v) is 7.38. The second-order valence-corrected chi connectivity index (χ2v) is 9.18. The summed E-state index contributed by atoms with van der Waals surface area (Å²) in [7, 11) is -3.58. The maximum atomic E-state index is 12.9. The summed E-state index contributed by atoms with van der Waals surface area (Å²) in [6.45, 7) is 5.93. The molecule has 1 saturated heterocycles. The van der Waals surface area contributed by atoms with Gasteiger partial charge in [0.25, 0.3) is 5.91 Å². The molecule has 152 valence electrons. The van der Waals surface area contributed by atoms with Gasteiger partial charge in [-0.25, -0.2) is 8.42 Å². The van der Waals surface area contributed by atoms with Crippen molar-refractivity contribution >= 4 is 27.5 Å². The van der Waals surface area contributed by atoms with E-state index in [0.29, 0.717) is 49.6 Å². The molecule has 0 radical (unpaired) electrons. The Hall–Kier alpha value is -1.90. The summed E-state index contributed by atoms with van der Waals surface area (Å²) in [5, 5.41) is 7.44. The van der Waals surface area contributed by atoms with Crippen molar-refractivity contribution in [2.75, 3.05) is 26.2 Å². The topological polar surface area (TPSA) is 86.4 Å². The van der Waals surface area contributed by atoms with Gasteiger partial charge in [0.2, 0.25) is 10.0 Å². The molecule has 1 N–H and O–H groups in total. The molecule has 0 aliphatic carbocycles. The van der Waals surface area contributed by atoms with Crippen LogP contribution in [0.5, 0.6) is 0 Å². The van der Waals surface area contributed by atoms with Gasteiger partial charge in [-0.1, -0.05) is 17.7 Å². The quantitative estimate of drug-likeness (QED) is 0.771. The van der Waals surface area contributed by atoms with Crippen LogP contribution in [0, 0.1) is 0 Å². The van der Waals surface area contributed by atoms with Crippen LogP contribution in [0.3, 0.4) is 0 Å². The minimum atomic E-state index is -3.58. The van der Waals surface area contributed by atoms with Crippen LogP contribution < -0.4 is 0 Å². The van der Waals surface area contributed by atoms with Crippen LogP contribution in [0.1, 0.15) is 48.7 Å². The van der Waals surface area contributed by atoms with Gasteiger partial charge in [-0.3, -0.25) is 9.89 Å². The molecule has 1 aliphatic heterocycles. The molecule has 1 aromatic carbocycles. The lowest BCUT2D eigenvalue weighted by Gasteiger charge is -2.31. The molecule has 1 aromatic heterocycles. The van der Waals surface area contributed by atoms with E-state index in [1.54, 1.807) is 29.3 Å². The van der Waals surface area contributed by atoms with Crippen LogP contribution in [0.15, 0.2) is 35.4 Å². The molecule has 3 rings (SSSR count). The number of amides is 1. The Morgan fingerprint density at radius 2 is 1.96 bits per heavy atom. The van der Waals surface area contributed by atoms with Crippen molar-refractivity contribution in [1.82, 2.24) is 19.4 Å². The molecular weight excluding hydrogens is 400 g/mol. The first-order valence-electron chi connectivity index (χ1n) is 9.46. The monoisotopic (exact) mass is 424 g/mol. The second kappa shape index (κ2) is 8.63. The first kappa shape index (κ1) is 20.8. The molecule has 1 amide bonds. The summed E-state index contributed by atoms with van der Waals surface area (Å²) in [6.07, 6.45) is 2.83. The van der Waals surface area contributed by atoms with Gasteiger partial charge < -0.3 is 4.90 Å². The van der Waals surface area contributed by atoms with E-state index in [1.807, 2.05) is 13.8 Å². The molecule has 28 heavy (non-hydrogen) atoms. The lowest BCUT2D eigenvalue weighted by molar-refractivity contribution is 0.0771. The second-order valence-electron chi connectivity index (χ2n) is 6.81. The number of aromatic nitrogens is 2. The van der Waals surface area contributed by atoms with E-state index in [1.165, 1.54) is 10.4 Å². The molecule has 0 saturated carbocycles. The predicted octanol–water partition coefficient (Wildman–Crippen LogP) is 3.11. The number of sulfonamides is 1. The van der Waals surface area contributed by atoms with Gasteiger partial charge in [-0.15, -0.1) is 0 Å². The van der Waals surface area contributed by atoms with Crippen molar-refractivity contribution in [3.8, 4) is 0 Å². The number of piperidine rings is 1. The summed E-state index contributed by atoms with van der Waals surface area (Å²) in [6, 6.07) is 6.32. The van der Waals surface area contributed by atoms with Crippen LogP contribution in [0.4, 0.5) is 0 Å². The van der Waals surface area contributed by atoms with Crippen LogP contribution in [-0.2, 0) is 10.0 Å². The number of rotatable bonds is 6. The minimum Gasteiger partial charge on any atom is -0.339 e. The summed E-state index contributed by atoms with van der Waals surface area (Å²) < 4.78 is 27.2. The number of halogens is 1. The number of aromatic amines is 1. The van der Waals surface area contributed by atoms with E-state index >= 15 is 0 Å². The highest BCUT2D eigenvalue weighted by atomic mass is 35.5. The van der Waals surface area contributed by atoms with E-state index in [2.05, 4.69) is 10.2 Å². The summed E-state index contributed by atoms with van der Waals surface area (Å²) in [5.41, 5.74) is 1.39. The summed E-state index contributed by atoms with van der Waals surface area (Å²) >= 11 is 5.95. The van der Waals surface area contributed by atoms with E-state index in [9.17, 15) is 13.2 Å². The van der Waals surface area contributed by atoms with Crippen molar-refractivity contribution in [2.45, 2.75) is 37.5 Å². The number of nitrogens with one attached hydrogen (secondary N) is 1. The number of carbonyl (C=O) groups excluding carboxylic acids is 1. The van der Waals surface area contributed by atoms with Gasteiger partial charge in [-0.05, 0) is 44.9 Å². The molecule has 1 aliphatic rings. The fraction of sp³-hybridized carbons (Fsp3) is 0.474. The Kier molecular flexibility index (Phi) is 6.42. The number of hydrogen-bond acceptors (Lipinski definition) is 4. The molecule has 1 fully saturated rings. The van der Waals surface area contributed by atoms with E-state index in [-0.39, 0.29) is 16.7 Å². The van der Waals surface area contributed by atoms with Crippen LogP contribution in [0.2, 0.25) is 5.02 Å².